The molecule has 0 heterocycles. The topological polar surface area (TPSA) is 40.5 Å². The third kappa shape index (κ3) is 1.97. The molecule has 0 aliphatic heterocycles. The Labute approximate surface area is 98.1 Å². The van der Waals surface area contributed by atoms with E-state index >= 15 is 0 Å². The van der Waals surface area contributed by atoms with Crippen LogP contribution in [0.3, 0.4) is 0 Å². The van der Waals surface area contributed by atoms with Gasteiger partial charge < -0.3 is 10.2 Å². The zero-order valence-corrected chi connectivity index (χ0v) is 9.28. The van der Waals surface area contributed by atoms with Crippen LogP contribution in [-0.2, 0) is 0 Å². The minimum atomic E-state index is -0.0953. The van der Waals surface area contributed by atoms with E-state index in [0.717, 1.165) is 10.8 Å². The molecule has 0 aliphatic rings. The van der Waals surface area contributed by atoms with Crippen molar-refractivity contribution in [3.05, 3.63) is 36.4 Å². The molecule has 0 aliphatic carbocycles. The van der Waals surface area contributed by atoms with Gasteiger partial charge in [0.2, 0.25) is 0 Å². The molecule has 0 saturated heterocycles. The monoisotopic (exact) mass is 182 g/mol. The summed E-state index contributed by atoms with van der Waals surface area (Å²) in [5.74, 6) is -0.184. The quantitative estimate of drug-likeness (QED) is 0.313. The summed E-state index contributed by atoms with van der Waals surface area (Å²) in [6.07, 6.45) is 0. The molecule has 0 amide bonds. The second-order valence-corrected chi connectivity index (χ2v) is 2.61. The fourth-order valence-electron chi connectivity index (χ4n) is 1.15. The predicted octanol–water partition coefficient (Wildman–Crippen LogP) is -0.945. The molecule has 2 aromatic carbocycles. The van der Waals surface area contributed by atoms with Gasteiger partial charge in [0.25, 0.3) is 0 Å². The van der Waals surface area contributed by atoms with E-state index < -0.39 is 0 Å². The molecule has 2 rings (SSSR count). The van der Waals surface area contributed by atoms with Crippen LogP contribution in [0.2, 0.25) is 0 Å². The standard InChI is InChI=1S/C10H7O2.Na/c11-9-5-7-3-1-2-4-8(7)6-10(9)12;/h1,3-6,11-12H;/q-1;+1. The number of hydrogen-bond donors (Lipinski definition) is 2. The van der Waals surface area contributed by atoms with E-state index in [0.29, 0.717) is 0 Å². The Bertz CT molecular complexity index is 386. The Morgan fingerprint density at radius 3 is 2.31 bits per heavy atom. The van der Waals surface area contributed by atoms with Gasteiger partial charge in [-0.05, 0) is 6.07 Å². The third-order valence-corrected chi connectivity index (χ3v) is 1.78. The molecule has 2 N–H and O–H groups in total. The van der Waals surface area contributed by atoms with Crippen molar-refractivity contribution in [2.24, 2.45) is 0 Å². The molecule has 2 nitrogen and oxygen atoms in total. The summed E-state index contributed by atoms with van der Waals surface area (Å²) in [5.41, 5.74) is 0. The minimum Gasteiger partial charge on any atom is -0.505 e. The van der Waals surface area contributed by atoms with Crippen LogP contribution in [-0.4, -0.2) is 10.2 Å². The van der Waals surface area contributed by atoms with Gasteiger partial charge in [0, 0.05) is 0 Å². The first-order valence-electron chi connectivity index (χ1n) is 3.59. The van der Waals surface area contributed by atoms with E-state index in [1.54, 1.807) is 12.1 Å². The normalized spacial score (nSPS) is 9.54. The number of rotatable bonds is 0. The number of benzene rings is 2. The largest absolute Gasteiger partial charge is 1.00 e. The Morgan fingerprint density at radius 2 is 1.62 bits per heavy atom. The number of phenolic OH excluding ortho intramolecular Hbond substituents is 2. The average Bonchev–Trinajstić information content (AvgIpc) is 2.07. The molecule has 0 atom stereocenters. The van der Waals surface area contributed by atoms with Crippen LogP contribution >= 0.6 is 0 Å². The van der Waals surface area contributed by atoms with E-state index in [9.17, 15) is 0 Å². The van der Waals surface area contributed by atoms with E-state index in [1.165, 1.54) is 12.1 Å². The summed E-state index contributed by atoms with van der Waals surface area (Å²) >= 11 is 0. The molecule has 0 unspecified atom stereocenters. The van der Waals surface area contributed by atoms with Gasteiger partial charge in [-0.25, -0.2) is 0 Å². The molecule has 0 radical (unpaired) electrons. The second kappa shape index (κ2) is 4.01. The molecule has 0 saturated carbocycles. The van der Waals surface area contributed by atoms with Crippen LogP contribution < -0.4 is 29.6 Å². The molecule has 0 spiro atoms. The molecule has 60 valence electrons. The summed E-state index contributed by atoms with van der Waals surface area (Å²) < 4.78 is 0. The van der Waals surface area contributed by atoms with E-state index in [4.69, 9.17) is 10.2 Å². The van der Waals surface area contributed by atoms with Gasteiger partial charge >= 0.3 is 29.6 Å². The van der Waals surface area contributed by atoms with Crippen molar-refractivity contribution >= 4 is 10.8 Å². The van der Waals surface area contributed by atoms with Crippen LogP contribution in [0.5, 0.6) is 11.5 Å². The van der Waals surface area contributed by atoms with Crippen molar-refractivity contribution in [3.63, 3.8) is 0 Å². The van der Waals surface area contributed by atoms with Crippen molar-refractivity contribution in [2.75, 3.05) is 0 Å². The van der Waals surface area contributed by atoms with Gasteiger partial charge in [-0.3, -0.25) is 0 Å². The molecular weight excluding hydrogens is 175 g/mol. The van der Waals surface area contributed by atoms with Gasteiger partial charge in [0.15, 0.2) is 5.75 Å². The maximum absolute atomic E-state index is 9.16. The van der Waals surface area contributed by atoms with Crippen LogP contribution in [0.15, 0.2) is 30.3 Å². The zero-order chi connectivity index (χ0) is 8.55. The molecule has 13 heavy (non-hydrogen) atoms. The average molecular weight is 182 g/mol. The summed E-state index contributed by atoms with van der Waals surface area (Å²) in [4.78, 5) is 0. The van der Waals surface area contributed by atoms with E-state index in [2.05, 4.69) is 6.07 Å². The Kier molecular flexibility index (Phi) is 3.20. The fourth-order valence-corrected chi connectivity index (χ4v) is 1.15. The van der Waals surface area contributed by atoms with Crippen molar-refractivity contribution in [3.8, 4) is 11.5 Å². The summed E-state index contributed by atoms with van der Waals surface area (Å²) in [6.45, 7) is 0. The fraction of sp³-hybridized carbons (Fsp3) is 0. The smallest absolute Gasteiger partial charge is 0.505 e. The SMILES string of the molecule is Oc1cc2c[c-]ccc2cc1O.[Na+]. The zero-order valence-electron chi connectivity index (χ0n) is 7.28. The number of hydrogen-bond acceptors (Lipinski definition) is 2. The van der Waals surface area contributed by atoms with E-state index in [1.807, 2.05) is 6.07 Å². The van der Waals surface area contributed by atoms with Crippen LogP contribution in [0.4, 0.5) is 0 Å². The first kappa shape index (κ1) is 10.4. The van der Waals surface area contributed by atoms with Gasteiger partial charge in [-0.2, -0.15) is 24.3 Å². The van der Waals surface area contributed by atoms with Crippen molar-refractivity contribution in [2.45, 2.75) is 0 Å². The van der Waals surface area contributed by atoms with Gasteiger partial charge in [0.05, 0.1) is 0 Å². The van der Waals surface area contributed by atoms with Crippen LogP contribution in [0.1, 0.15) is 0 Å². The summed E-state index contributed by atoms with van der Waals surface area (Å²) in [6, 6.07) is 11.3. The maximum Gasteiger partial charge on any atom is 1.00 e. The Hall–Kier alpha value is -0.700. The Balaban J connectivity index is 0.000000845. The van der Waals surface area contributed by atoms with Gasteiger partial charge in [0.1, 0.15) is 5.75 Å². The number of aromatic hydroxyl groups is 2. The summed E-state index contributed by atoms with van der Waals surface area (Å²) in [7, 11) is 0. The number of phenols is 2. The van der Waals surface area contributed by atoms with Crippen molar-refractivity contribution in [1.29, 1.82) is 0 Å². The number of fused-ring (bicyclic) bond motifs is 1. The molecule has 2 aromatic rings. The maximum atomic E-state index is 9.16. The van der Waals surface area contributed by atoms with Crippen molar-refractivity contribution in [1.82, 2.24) is 0 Å². The van der Waals surface area contributed by atoms with Crippen LogP contribution in [0, 0.1) is 6.07 Å². The molecular formula is C10H7NaO2. The third-order valence-electron chi connectivity index (χ3n) is 1.78. The van der Waals surface area contributed by atoms with Gasteiger partial charge in [-0.1, -0.05) is 6.07 Å². The van der Waals surface area contributed by atoms with Gasteiger partial charge in [-0.15, -0.1) is 10.8 Å². The molecule has 0 aromatic heterocycles. The first-order chi connectivity index (χ1) is 5.77. The van der Waals surface area contributed by atoms with Crippen molar-refractivity contribution < 1.29 is 39.8 Å². The minimum absolute atomic E-state index is 0. The second-order valence-electron chi connectivity index (χ2n) is 2.61. The first-order valence-corrected chi connectivity index (χ1v) is 3.59. The molecule has 0 bridgehead atoms. The predicted molar refractivity (Wildman–Crippen MR) is 46.1 cm³/mol. The Morgan fingerprint density at radius 1 is 1.00 bits per heavy atom. The van der Waals surface area contributed by atoms with E-state index in [-0.39, 0.29) is 41.1 Å². The molecule has 0 fully saturated rings. The molecule has 3 heteroatoms. The summed E-state index contributed by atoms with van der Waals surface area (Å²) in [5, 5.41) is 20.1. The van der Waals surface area contributed by atoms with Crippen LogP contribution in [0.25, 0.3) is 10.8 Å².